The molecule has 5 rings (SSSR count). The highest BCUT2D eigenvalue weighted by molar-refractivity contribution is 7.85. The van der Waals surface area contributed by atoms with Crippen LogP contribution < -0.4 is 15.5 Å². The number of alkyl halides is 1. The molecule has 2 aromatic heterocycles. The number of fused-ring (bicyclic) bond motifs is 2. The average molecular weight is 432 g/mol. The van der Waals surface area contributed by atoms with Crippen molar-refractivity contribution in [2.24, 2.45) is 0 Å². The van der Waals surface area contributed by atoms with E-state index < -0.39 is 17.0 Å². The Labute approximate surface area is 175 Å². The molecule has 29 heavy (non-hydrogen) atoms. The Morgan fingerprint density at radius 3 is 3.00 bits per heavy atom. The van der Waals surface area contributed by atoms with Crippen LogP contribution in [0.15, 0.2) is 35.2 Å². The van der Waals surface area contributed by atoms with Gasteiger partial charge in [-0.3, -0.25) is 4.21 Å². The highest BCUT2D eigenvalue weighted by Crippen LogP contribution is 2.33. The van der Waals surface area contributed by atoms with Crippen LogP contribution in [0.1, 0.15) is 10.4 Å². The van der Waals surface area contributed by atoms with Gasteiger partial charge < -0.3 is 15.5 Å². The molecule has 0 aliphatic carbocycles. The summed E-state index contributed by atoms with van der Waals surface area (Å²) in [6, 6.07) is 9.57. The molecule has 1 saturated heterocycles. The van der Waals surface area contributed by atoms with Crippen molar-refractivity contribution in [3.05, 3.63) is 40.8 Å². The number of rotatable bonds is 3. The number of aromatic nitrogens is 2. The first-order valence-corrected chi connectivity index (χ1v) is 11.8. The third-order valence-corrected chi connectivity index (χ3v) is 7.84. The first-order chi connectivity index (χ1) is 14.1. The van der Waals surface area contributed by atoms with Gasteiger partial charge in [0.2, 0.25) is 5.95 Å². The molecule has 2 aliphatic heterocycles. The molecule has 3 aromatic rings. The predicted molar refractivity (Wildman–Crippen MR) is 116 cm³/mol. The van der Waals surface area contributed by atoms with Crippen molar-refractivity contribution in [2.75, 3.05) is 35.6 Å². The van der Waals surface area contributed by atoms with Gasteiger partial charge in [0.15, 0.2) is 0 Å². The lowest BCUT2D eigenvalue weighted by Crippen LogP contribution is -2.31. The highest BCUT2D eigenvalue weighted by atomic mass is 32.2. The minimum atomic E-state index is -1.03. The van der Waals surface area contributed by atoms with Crippen LogP contribution in [-0.4, -0.2) is 51.8 Å². The van der Waals surface area contributed by atoms with E-state index in [9.17, 15) is 8.60 Å². The molecule has 4 heterocycles. The summed E-state index contributed by atoms with van der Waals surface area (Å²) in [5, 5.41) is 6.38. The van der Waals surface area contributed by atoms with Crippen molar-refractivity contribution in [1.82, 2.24) is 15.3 Å². The fraction of sp³-hybridized carbons (Fsp3) is 0.400. The van der Waals surface area contributed by atoms with Gasteiger partial charge in [0.1, 0.15) is 12.0 Å². The molecule has 1 aromatic carbocycles. The minimum Gasteiger partial charge on any atom is -0.362 e. The number of nitrogens with one attached hydrogen (secondary N) is 2. The van der Waals surface area contributed by atoms with Crippen molar-refractivity contribution in [3.63, 3.8) is 0 Å². The first kappa shape index (κ1) is 18.9. The maximum absolute atomic E-state index is 14.2. The third-order valence-electron chi connectivity index (χ3n) is 5.35. The molecule has 0 spiro atoms. The van der Waals surface area contributed by atoms with E-state index in [1.807, 2.05) is 37.3 Å². The molecule has 1 fully saturated rings. The van der Waals surface area contributed by atoms with Crippen LogP contribution in [0.4, 0.5) is 16.2 Å². The van der Waals surface area contributed by atoms with E-state index >= 15 is 0 Å². The van der Waals surface area contributed by atoms with Crippen LogP contribution in [0.25, 0.3) is 10.2 Å². The molecule has 2 aliphatic rings. The first-order valence-electron chi connectivity index (χ1n) is 9.69. The quantitative estimate of drug-likeness (QED) is 0.665. The van der Waals surface area contributed by atoms with E-state index in [1.165, 1.54) is 0 Å². The van der Waals surface area contributed by atoms with Crippen molar-refractivity contribution in [1.29, 1.82) is 0 Å². The number of nitrogens with zero attached hydrogens (tertiary/aromatic N) is 3. The summed E-state index contributed by atoms with van der Waals surface area (Å²) in [5.41, 5.74) is 1.90. The SMILES string of the molecule is Cc1cc2nc(N3CCS(=O)c4ccccc4C3)nc(NC3CNC[C@H]3F)c2s1. The number of aryl methyl sites for hydroxylation is 1. The summed E-state index contributed by atoms with van der Waals surface area (Å²) in [7, 11) is -1.03. The Morgan fingerprint density at radius 1 is 1.31 bits per heavy atom. The zero-order chi connectivity index (χ0) is 20.0. The van der Waals surface area contributed by atoms with Crippen molar-refractivity contribution in [3.8, 4) is 0 Å². The normalized spacial score (nSPS) is 24.5. The van der Waals surface area contributed by atoms with Gasteiger partial charge in [-0.15, -0.1) is 11.3 Å². The van der Waals surface area contributed by atoms with E-state index in [0.29, 0.717) is 43.7 Å². The van der Waals surface area contributed by atoms with Crippen LogP contribution in [0.5, 0.6) is 0 Å². The molecule has 152 valence electrons. The minimum absolute atomic E-state index is 0.305. The maximum atomic E-state index is 14.2. The number of hydrogen-bond acceptors (Lipinski definition) is 7. The van der Waals surface area contributed by atoms with Gasteiger partial charge in [-0.25, -0.2) is 9.37 Å². The Hall–Kier alpha value is -2.10. The van der Waals surface area contributed by atoms with Gasteiger partial charge in [0, 0.05) is 41.7 Å². The number of benzene rings is 1. The van der Waals surface area contributed by atoms with Gasteiger partial charge in [0.25, 0.3) is 0 Å². The lowest BCUT2D eigenvalue weighted by molar-refractivity contribution is 0.342. The average Bonchev–Trinajstić information content (AvgIpc) is 3.24. The third kappa shape index (κ3) is 3.62. The second-order valence-corrected chi connectivity index (χ2v) is 10.2. The highest BCUT2D eigenvalue weighted by Gasteiger charge is 2.28. The van der Waals surface area contributed by atoms with Gasteiger partial charge in [-0.1, -0.05) is 18.2 Å². The van der Waals surface area contributed by atoms with Crippen molar-refractivity contribution < 1.29 is 8.60 Å². The fourth-order valence-electron chi connectivity index (χ4n) is 3.86. The lowest BCUT2D eigenvalue weighted by atomic mass is 10.2. The van der Waals surface area contributed by atoms with E-state index in [2.05, 4.69) is 15.5 Å². The molecule has 0 saturated carbocycles. The van der Waals surface area contributed by atoms with Crippen LogP contribution >= 0.6 is 11.3 Å². The van der Waals surface area contributed by atoms with Gasteiger partial charge in [-0.2, -0.15) is 4.98 Å². The second-order valence-electron chi connectivity index (χ2n) is 7.45. The fourth-order valence-corrected chi connectivity index (χ4v) is 6.02. The van der Waals surface area contributed by atoms with E-state index in [-0.39, 0.29) is 6.04 Å². The summed E-state index contributed by atoms with van der Waals surface area (Å²) in [5.74, 6) is 1.80. The Bertz CT molecular complexity index is 1090. The molecule has 0 radical (unpaired) electrons. The molecule has 6 nitrogen and oxygen atoms in total. The smallest absolute Gasteiger partial charge is 0.228 e. The van der Waals surface area contributed by atoms with Gasteiger partial charge >= 0.3 is 0 Å². The van der Waals surface area contributed by atoms with Gasteiger partial charge in [-0.05, 0) is 24.6 Å². The van der Waals surface area contributed by atoms with E-state index in [0.717, 1.165) is 25.6 Å². The van der Waals surface area contributed by atoms with Crippen LogP contribution in [-0.2, 0) is 17.3 Å². The molecule has 2 unspecified atom stereocenters. The number of anilines is 2. The number of halogens is 1. The van der Waals surface area contributed by atoms with Crippen LogP contribution in [0.2, 0.25) is 0 Å². The second kappa shape index (κ2) is 7.62. The van der Waals surface area contributed by atoms with E-state index in [4.69, 9.17) is 9.97 Å². The summed E-state index contributed by atoms with van der Waals surface area (Å²) in [4.78, 5) is 13.7. The molecular formula is C20H22FN5OS2. The summed E-state index contributed by atoms with van der Waals surface area (Å²) < 4.78 is 27.8. The Balaban J connectivity index is 1.54. The standard InChI is InChI=1S/C20H22FN5OS2/c1-12-8-15-18(28-12)19(23-16-10-22-9-14(16)21)25-20(24-15)26-6-7-29(27)17-5-3-2-4-13(17)11-26/h2-5,8,14,16,22H,6-7,9-11H2,1H3,(H,23,24,25)/t14-,16?,29?/m1/s1. The maximum Gasteiger partial charge on any atom is 0.228 e. The van der Waals surface area contributed by atoms with Crippen LogP contribution in [0.3, 0.4) is 0 Å². The summed E-state index contributed by atoms with van der Waals surface area (Å²) >= 11 is 1.61. The topological polar surface area (TPSA) is 70.2 Å². The number of thiophene rings is 1. The monoisotopic (exact) mass is 431 g/mol. The van der Waals surface area contributed by atoms with Crippen molar-refractivity contribution in [2.45, 2.75) is 30.6 Å². The lowest BCUT2D eigenvalue weighted by Gasteiger charge is -2.22. The summed E-state index contributed by atoms with van der Waals surface area (Å²) in [6.07, 6.45) is -0.947. The van der Waals surface area contributed by atoms with Gasteiger partial charge in [0.05, 0.1) is 27.1 Å². The number of hydrogen-bond donors (Lipinski definition) is 2. The molecule has 3 atom stereocenters. The molecule has 0 amide bonds. The van der Waals surface area contributed by atoms with E-state index in [1.54, 1.807) is 11.3 Å². The predicted octanol–water partition coefficient (Wildman–Crippen LogP) is 2.85. The molecule has 2 N–H and O–H groups in total. The Kier molecular flexibility index (Phi) is 4.97. The van der Waals surface area contributed by atoms with Crippen LogP contribution in [0, 0.1) is 6.92 Å². The zero-order valence-corrected chi connectivity index (χ0v) is 17.7. The molecule has 0 bridgehead atoms. The van der Waals surface area contributed by atoms with Crippen molar-refractivity contribution >= 4 is 44.1 Å². The molecule has 9 heteroatoms. The summed E-state index contributed by atoms with van der Waals surface area (Å²) in [6.45, 7) is 4.17. The molecular weight excluding hydrogens is 409 g/mol. The zero-order valence-electron chi connectivity index (χ0n) is 16.0. The largest absolute Gasteiger partial charge is 0.362 e. The Morgan fingerprint density at radius 2 is 2.17 bits per heavy atom.